The quantitative estimate of drug-likeness (QED) is 0.854. The van der Waals surface area contributed by atoms with Crippen LogP contribution in [0.1, 0.15) is 24.1 Å². The predicted octanol–water partition coefficient (Wildman–Crippen LogP) is 3.72. The molecule has 0 aliphatic rings. The molecule has 0 aromatic heterocycles. The normalized spacial score (nSPS) is 12.1. The number of ether oxygens (including phenoxy) is 1. The molecule has 2 aromatic rings. The Kier molecular flexibility index (Phi) is 5.31. The molecule has 22 heavy (non-hydrogen) atoms. The van der Waals surface area contributed by atoms with Gasteiger partial charge in [-0.15, -0.1) is 0 Å². The SMILES string of the molecule is COc1cccc(/C=C/C(=O)N[C@@H](C)c2ccc(F)cc2)c1. The van der Waals surface area contributed by atoms with Crippen LogP contribution in [0, 0.1) is 5.82 Å². The molecule has 1 amide bonds. The largest absolute Gasteiger partial charge is 0.497 e. The maximum atomic E-state index is 12.9. The zero-order valence-electron chi connectivity index (χ0n) is 12.5. The predicted molar refractivity (Wildman–Crippen MR) is 85.0 cm³/mol. The highest BCUT2D eigenvalue weighted by atomic mass is 19.1. The van der Waals surface area contributed by atoms with Gasteiger partial charge in [-0.25, -0.2) is 4.39 Å². The van der Waals surface area contributed by atoms with Crippen LogP contribution in [0.3, 0.4) is 0 Å². The first-order valence-electron chi connectivity index (χ1n) is 6.96. The van der Waals surface area contributed by atoms with Crippen molar-refractivity contribution in [1.82, 2.24) is 5.32 Å². The Hall–Kier alpha value is -2.62. The Morgan fingerprint density at radius 1 is 1.23 bits per heavy atom. The highest BCUT2D eigenvalue weighted by Gasteiger charge is 2.07. The molecule has 2 rings (SSSR count). The van der Waals surface area contributed by atoms with Crippen LogP contribution in [-0.4, -0.2) is 13.0 Å². The smallest absolute Gasteiger partial charge is 0.244 e. The summed E-state index contributed by atoms with van der Waals surface area (Å²) in [5.41, 5.74) is 1.73. The van der Waals surface area contributed by atoms with Gasteiger partial charge in [0.25, 0.3) is 0 Å². The second-order valence-corrected chi connectivity index (χ2v) is 4.89. The lowest BCUT2D eigenvalue weighted by Gasteiger charge is -2.12. The number of hydrogen-bond donors (Lipinski definition) is 1. The van der Waals surface area contributed by atoms with E-state index in [9.17, 15) is 9.18 Å². The fourth-order valence-corrected chi connectivity index (χ4v) is 2.01. The molecule has 2 aromatic carbocycles. The number of halogens is 1. The van der Waals surface area contributed by atoms with E-state index in [4.69, 9.17) is 4.74 Å². The molecule has 0 aliphatic heterocycles. The van der Waals surface area contributed by atoms with Gasteiger partial charge in [0.15, 0.2) is 0 Å². The summed E-state index contributed by atoms with van der Waals surface area (Å²) in [6, 6.07) is 13.3. The second kappa shape index (κ2) is 7.41. The number of benzene rings is 2. The van der Waals surface area contributed by atoms with Gasteiger partial charge in [-0.05, 0) is 48.4 Å². The fourth-order valence-electron chi connectivity index (χ4n) is 2.01. The zero-order valence-corrected chi connectivity index (χ0v) is 12.5. The average Bonchev–Trinajstić information content (AvgIpc) is 2.53. The maximum Gasteiger partial charge on any atom is 0.244 e. The molecular formula is C18H18FNO2. The van der Waals surface area contributed by atoms with Gasteiger partial charge in [0.1, 0.15) is 11.6 Å². The van der Waals surface area contributed by atoms with Crippen LogP contribution in [0.25, 0.3) is 6.08 Å². The number of carbonyl (C=O) groups is 1. The van der Waals surface area contributed by atoms with E-state index in [0.29, 0.717) is 0 Å². The van der Waals surface area contributed by atoms with Crippen molar-refractivity contribution < 1.29 is 13.9 Å². The van der Waals surface area contributed by atoms with Crippen molar-refractivity contribution in [2.75, 3.05) is 7.11 Å². The van der Waals surface area contributed by atoms with E-state index >= 15 is 0 Å². The number of hydrogen-bond acceptors (Lipinski definition) is 2. The van der Waals surface area contributed by atoms with Crippen LogP contribution < -0.4 is 10.1 Å². The van der Waals surface area contributed by atoms with Crippen molar-refractivity contribution in [1.29, 1.82) is 0 Å². The lowest BCUT2D eigenvalue weighted by Crippen LogP contribution is -2.24. The van der Waals surface area contributed by atoms with Crippen LogP contribution >= 0.6 is 0 Å². The van der Waals surface area contributed by atoms with Gasteiger partial charge >= 0.3 is 0 Å². The third kappa shape index (κ3) is 4.45. The molecule has 0 saturated heterocycles. The molecule has 0 bridgehead atoms. The maximum absolute atomic E-state index is 12.9. The average molecular weight is 299 g/mol. The molecule has 114 valence electrons. The van der Waals surface area contributed by atoms with E-state index in [2.05, 4.69) is 5.32 Å². The van der Waals surface area contributed by atoms with Gasteiger partial charge in [0, 0.05) is 6.08 Å². The highest BCUT2D eigenvalue weighted by molar-refractivity contribution is 5.92. The van der Waals surface area contributed by atoms with Gasteiger partial charge in [-0.2, -0.15) is 0 Å². The second-order valence-electron chi connectivity index (χ2n) is 4.89. The Morgan fingerprint density at radius 2 is 1.95 bits per heavy atom. The van der Waals surface area contributed by atoms with Crippen LogP contribution in [0.4, 0.5) is 4.39 Å². The zero-order chi connectivity index (χ0) is 15.9. The standard InChI is InChI=1S/C18H18FNO2/c1-13(15-7-9-16(19)10-8-15)20-18(21)11-6-14-4-3-5-17(12-14)22-2/h3-13H,1-2H3,(H,20,21)/b11-6+/t13-/m0/s1. The van der Waals surface area contributed by atoms with E-state index < -0.39 is 0 Å². The first-order chi connectivity index (χ1) is 10.6. The van der Waals surface area contributed by atoms with Crippen molar-refractivity contribution in [2.45, 2.75) is 13.0 Å². The highest BCUT2D eigenvalue weighted by Crippen LogP contribution is 2.15. The van der Waals surface area contributed by atoms with Crippen molar-refractivity contribution in [3.8, 4) is 5.75 Å². The van der Waals surface area contributed by atoms with Crippen LogP contribution in [-0.2, 0) is 4.79 Å². The fraction of sp³-hybridized carbons (Fsp3) is 0.167. The number of nitrogens with one attached hydrogen (secondary N) is 1. The summed E-state index contributed by atoms with van der Waals surface area (Å²) in [6.07, 6.45) is 3.18. The van der Waals surface area contributed by atoms with Crippen molar-refractivity contribution in [2.24, 2.45) is 0 Å². The lowest BCUT2D eigenvalue weighted by molar-refractivity contribution is -0.117. The number of rotatable bonds is 5. The summed E-state index contributed by atoms with van der Waals surface area (Å²) in [5, 5.41) is 2.84. The minimum atomic E-state index is -0.291. The van der Waals surface area contributed by atoms with Gasteiger partial charge in [0.05, 0.1) is 13.2 Å². The number of carbonyl (C=O) groups excluding carboxylic acids is 1. The molecule has 0 heterocycles. The molecule has 0 fully saturated rings. The summed E-state index contributed by atoms with van der Waals surface area (Å²) in [5.74, 6) is 0.238. The van der Waals surface area contributed by atoms with Crippen molar-refractivity contribution >= 4 is 12.0 Å². The number of methoxy groups -OCH3 is 1. The number of amides is 1. The van der Waals surface area contributed by atoms with E-state index in [0.717, 1.165) is 16.9 Å². The van der Waals surface area contributed by atoms with E-state index in [1.807, 2.05) is 31.2 Å². The van der Waals surface area contributed by atoms with Gasteiger partial charge in [-0.1, -0.05) is 24.3 Å². The van der Waals surface area contributed by atoms with E-state index in [1.165, 1.54) is 18.2 Å². The molecule has 0 radical (unpaired) electrons. The monoisotopic (exact) mass is 299 g/mol. The Labute approximate surface area is 129 Å². The van der Waals surface area contributed by atoms with Gasteiger partial charge in [-0.3, -0.25) is 4.79 Å². The minimum absolute atomic E-state index is 0.192. The van der Waals surface area contributed by atoms with E-state index in [1.54, 1.807) is 25.3 Å². The molecule has 0 aliphatic carbocycles. The summed E-state index contributed by atoms with van der Waals surface area (Å²) < 4.78 is 18.0. The molecule has 0 saturated carbocycles. The Bertz CT molecular complexity index is 665. The lowest BCUT2D eigenvalue weighted by atomic mass is 10.1. The molecule has 1 atom stereocenters. The minimum Gasteiger partial charge on any atom is -0.497 e. The first-order valence-corrected chi connectivity index (χ1v) is 6.96. The van der Waals surface area contributed by atoms with Gasteiger partial charge < -0.3 is 10.1 Å². The van der Waals surface area contributed by atoms with E-state index in [-0.39, 0.29) is 17.8 Å². The molecule has 1 N–H and O–H groups in total. The summed E-state index contributed by atoms with van der Waals surface area (Å²) in [7, 11) is 1.60. The van der Waals surface area contributed by atoms with Crippen LogP contribution in [0.15, 0.2) is 54.6 Å². The third-order valence-corrected chi connectivity index (χ3v) is 3.25. The third-order valence-electron chi connectivity index (χ3n) is 3.25. The van der Waals surface area contributed by atoms with Crippen LogP contribution in [0.2, 0.25) is 0 Å². The summed E-state index contributed by atoms with van der Waals surface area (Å²) in [6.45, 7) is 1.85. The molecule has 3 nitrogen and oxygen atoms in total. The van der Waals surface area contributed by atoms with Crippen molar-refractivity contribution in [3.05, 3.63) is 71.6 Å². The molecular weight excluding hydrogens is 281 g/mol. The Morgan fingerprint density at radius 3 is 2.64 bits per heavy atom. The van der Waals surface area contributed by atoms with Crippen LogP contribution in [0.5, 0.6) is 5.75 Å². The molecule has 4 heteroatoms. The van der Waals surface area contributed by atoms with Gasteiger partial charge in [0.2, 0.25) is 5.91 Å². The first kappa shape index (κ1) is 15.8. The summed E-state index contributed by atoms with van der Waals surface area (Å²) >= 11 is 0. The Balaban J connectivity index is 1.96. The topological polar surface area (TPSA) is 38.3 Å². The molecule has 0 spiro atoms. The van der Waals surface area contributed by atoms with Crippen molar-refractivity contribution in [3.63, 3.8) is 0 Å². The molecule has 0 unspecified atom stereocenters. The summed E-state index contributed by atoms with van der Waals surface area (Å²) in [4.78, 5) is 11.9.